The number of nitrogens with one attached hydrogen (secondary N) is 1. The van der Waals surface area contributed by atoms with Crippen LogP contribution in [0.4, 0.5) is 5.69 Å². The molecule has 0 saturated carbocycles. The molecule has 4 aromatic rings. The summed E-state index contributed by atoms with van der Waals surface area (Å²) in [6, 6.07) is 21.0. The van der Waals surface area contributed by atoms with Crippen LogP contribution in [0.1, 0.15) is 34.5 Å². The lowest BCUT2D eigenvalue weighted by Crippen LogP contribution is -2.24. The first-order valence-electron chi connectivity index (χ1n) is 11.0. The van der Waals surface area contributed by atoms with Gasteiger partial charge in [-0.2, -0.15) is 5.26 Å². The normalized spacial score (nSPS) is 12.3. The molecule has 178 valence electrons. The van der Waals surface area contributed by atoms with E-state index in [1.54, 1.807) is 37.3 Å². The number of benzene rings is 3. The number of carbonyl (C=O) groups is 1. The molecule has 0 spiro atoms. The zero-order valence-corrected chi connectivity index (χ0v) is 20.6. The lowest BCUT2D eigenvalue weighted by atomic mass is 9.99. The van der Waals surface area contributed by atoms with E-state index in [0.29, 0.717) is 23.2 Å². The summed E-state index contributed by atoms with van der Waals surface area (Å²) >= 11 is 1.53. The third-order valence-corrected chi connectivity index (χ3v) is 8.43. The molecule has 0 aliphatic rings. The van der Waals surface area contributed by atoms with Gasteiger partial charge in [0, 0.05) is 12.1 Å². The Morgan fingerprint density at radius 1 is 1.11 bits per heavy atom. The number of hydrogen-bond acceptors (Lipinski definition) is 7. The van der Waals surface area contributed by atoms with Crippen molar-refractivity contribution in [2.24, 2.45) is 0 Å². The number of sulfone groups is 1. The predicted molar refractivity (Wildman–Crippen MR) is 136 cm³/mol. The summed E-state index contributed by atoms with van der Waals surface area (Å²) in [6.45, 7) is 1.16. The fourth-order valence-corrected chi connectivity index (χ4v) is 5.57. The van der Waals surface area contributed by atoms with Crippen molar-refractivity contribution in [3.05, 3.63) is 88.4 Å². The Morgan fingerprint density at radius 2 is 1.83 bits per heavy atom. The van der Waals surface area contributed by atoms with E-state index in [0.717, 1.165) is 20.8 Å². The second kappa shape index (κ2) is 10.4. The topological polar surface area (TPSA) is 120 Å². The number of thiazole rings is 1. The molecule has 0 aliphatic heterocycles. The van der Waals surface area contributed by atoms with Crippen LogP contribution < -0.4 is 5.32 Å². The quantitative estimate of drug-likeness (QED) is 0.369. The molecule has 1 aromatic heterocycles. The molecule has 0 bridgehead atoms. The molecule has 1 amide bonds. The van der Waals surface area contributed by atoms with Gasteiger partial charge in [0.15, 0.2) is 9.84 Å². The fraction of sp³-hybridized carbons (Fsp3) is 0.192. The standard InChI is InChI=1S/C26H23N3O4S2/c1-2-35(32,33)21-10-7-19(8-11-21)22(16-30)26(31)28-20-9-12-23-24(14-20)34-25(29-23)13-17-3-5-18(15-27)6-4-17/h3-12,14,22,30H,2,13,16H2,1H3,(H,28,31). The number of amides is 1. The van der Waals surface area contributed by atoms with Gasteiger partial charge in [-0.15, -0.1) is 11.3 Å². The molecule has 3 aromatic carbocycles. The van der Waals surface area contributed by atoms with Crippen molar-refractivity contribution in [3.8, 4) is 6.07 Å². The van der Waals surface area contributed by atoms with Crippen LogP contribution in [0.5, 0.6) is 0 Å². The third-order valence-electron chi connectivity index (χ3n) is 5.66. The monoisotopic (exact) mass is 505 g/mol. The molecule has 0 radical (unpaired) electrons. The number of fused-ring (bicyclic) bond motifs is 1. The second-order valence-electron chi connectivity index (χ2n) is 7.97. The summed E-state index contributed by atoms with van der Waals surface area (Å²) < 4.78 is 25.0. The number of nitrogens with zero attached hydrogens (tertiary/aromatic N) is 2. The highest BCUT2D eigenvalue weighted by Gasteiger charge is 2.21. The van der Waals surface area contributed by atoms with Crippen LogP contribution in [0, 0.1) is 11.3 Å². The maximum absolute atomic E-state index is 12.9. The van der Waals surface area contributed by atoms with Gasteiger partial charge in [0.05, 0.1) is 50.0 Å². The average Bonchev–Trinajstić information content (AvgIpc) is 3.26. The first kappa shape index (κ1) is 24.5. The minimum Gasteiger partial charge on any atom is -0.395 e. The molecule has 0 fully saturated rings. The lowest BCUT2D eigenvalue weighted by molar-refractivity contribution is -0.118. The van der Waals surface area contributed by atoms with Crippen LogP contribution in [-0.4, -0.2) is 36.8 Å². The maximum Gasteiger partial charge on any atom is 0.234 e. The smallest absolute Gasteiger partial charge is 0.234 e. The minimum atomic E-state index is -3.34. The van der Waals surface area contributed by atoms with Crippen LogP contribution in [0.3, 0.4) is 0 Å². The average molecular weight is 506 g/mol. The molecule has 2 N–H and O–H groups in total. The van der Waals surface area contributed by atoms with Crippen molar-refractivity contribution in [1.82, 2.24) is 4.98 Å². The molecule has 35 heavy (non-hydrogen) atoms. The van der Waals surface area contributed by atoms with E-state index in [4.69, 9.17) is 5.26 Å². The Kier molecular flexibility index (Phi) is 7.26. The third kappa shape index (κ3) is 5.57. The SMILES string of the molecule is CCS(=O)(=O)c1ccc(C(CO)C(=O)Nc2ccc3nc(Cc4ccc(C#N)cc4)sc3c2)cc1. The van der Waals surface area contributed by atoms with Gasteiger partial charge in [-0.3, -0.25) is 4.79 Å². The van der Waals surface area contributed by atoms with E-state index < -0.39 is 22.4 Å². The highest BCUT2D eigenvalue weighted by Crippen LogP contribution is 2.28. The van der Waals surface area contributed by atoms with E-state index in [1.807, 2.05) is 24.3 Å². The lowest BCUT2D eigenvalue weighted by Gasteiger charge is -2.15. The van der Waals surface area contributed by atoms with Crippen LogP contribution in [-0.2, 0) is 21.1 Å². The van der Waals surface area contributed by atoms with Crippen molar-refractivity contribution < 1.29 is 18.3 Å². The van der Waals surface area contributed by atoms with E-state index in [1.165, 1.54) is 23.5 Å². The van der Waals surface area contributed by atoms with E-state index >= 15 is 0 Å². The summed E-state index contributed by atoms with van der Waals surface area (Å²) in [4.78, 5) is 17.7. The Hall–Kier alpha value is -3.58. The summed E-state index contributed by atoms with van der Waals surface area (Å²) in [5, 5.41) is 22.5. The van der Waals surface area contributed by atoms with E-state index in [-0.39, 0.29) is 16.6 Å². The van der Waals surface area contributed by atoms with Gasteiger partial charge in [0.2, 0.25) is 5.91 Å². The predicted octanol–water partition coefficient (Wildman–Crippen LogP) is 4.27. The molecular formula is C26H23N3O4S2. The number of rotatable bonds is 8. The van der Waals surface area contributed by atoms with Gasteiger partial charge in [0.25, 0.3) is 0 Å². The van der Waals surface area contributed by atoms with Crippen LogP contribution in [0.25, 0.3) is 10.2 Å². The summed E-state index contributed by atoms with van der Waals surface area (Å²) in [5.74, 6) is -1.23. The molecule has 0 saturated heterocycles. The molecule has 7 nitrogen and oxygen atoms in total. The summed E-state index contributed by atoms with van der Waals surface area (Å²) in [6.07, 6.45) is 0.642. The zero-order valence-electron chi connectivity index (χ0n) is 18.9. The molecule has 1 unspecified atom stereocenters. The number of aromatic nitrogens is 1. The van der Waals surface area contributed by atoms with Gasteiger partial charge in [-0.1, -0.05) is 31.2 Å². The Labute approximate surface area is 207 Å². The highest BCUT2D eigenvalue weighted by atomic mass is 32.2. The van der Waals surface area contributed by atoms with Crippen molar-refractivity contribution in [2.75, 3.05) is 17.7 Å². The maximum atomic E-state index is 12.9. The van der Waals surface area contributed by atoms with Gasteiger partial charge in [-0.25, -0.2) is 13.4 Å². The van der Waals surface area contributed by atoms with Crippen molar-refractivity contribution in [3.63, 3.8) is 0 Å². The van der Waals surface area contributed by atoms with E-state index in [9.17, 15) is 18.3 Å². The van der Waals surface area contributed by atoms with Crippen LogP contribution in [0.2, 0.25) is 0 Å². The van der Waals surface area contributed by atoms with Gasteiger partial charge < -0.3 is 10.4 Å². The summed E-state index contributed by atoms with van der Waals surface area (Å²) in [5.41, 5.74) is 3.60. The Balaban J connectivity index is 1.48. The number of anilines is 1. The molecule has 4 rings (SSSR count). The number of hydrogen-bond donors (Lipinski definition) is 2. The van der Waals surface area contributed by atoms with Crippen molar-refractivity contribution in [1.29, 1.82) is 5.26 Å². The van der Waals surface area contributed by atoms with Crippen LogP contribution >= 0.6 is 11.3 Å². The summed E-state index contributed by atoms with van der Waals surface area (Å²) in [7, 11) is -3.34. The number of nitriles is 1. The highest BCUT2D eigenvalue weighted by molar-refractivity contribution is 7.91. The Morgan fingerprint density at radius 3 is 2.46 bits per heavy atom. The Bertz CT molecular complexity index is 1500. The number of aliphatic hydroxyl groups is 1. The van der Waals surface area contributed by atoms with Crippen LogP contribution in [0.15, 0.2) is 71.6 Å². The van der Waals surface area contributed by atoms with Gasteiger partial charge >= 0.3 is 0 Å². The van der Waals surface area contributed by atoms with Gasteiger partial charge in [-0.05, 0) is 53.6 Å². The van der Waals surface area contributed by atoms with E-state index in [2.05, 4.69) is 16.4 Å². The minimum absolute atomic E-state index is 0.00843. The van der Waals surface area contributed by atoms with Gasteiger partial charge in [0.1, 0.15) is 0 Å². The van der Waals surface area contributed by atoms with Crippen molar-refractivity contribution >= 4 is 43.0 Å². The number of aliphatic hydroxyl groups excluding tert-OH is 1. The molecule has 9 heteroatoms. The van der Waals surface area contributed by atoms with Crippen molar-refractivity contribution in [2.45, 2.75) is 24.2 Å². The molecule has 0 aliphatic carbocycles. The first-order chi connectivity index (χ1) is 16.8. The fourth-order valence-electron chi connectivity index (χ4n) is 3.64. The first-order valence-corrected chi connectivity index (χ1v) is 13.4. The molecular weight excluding hydrogens is 482 g/mol. The largest absolute Gasteiger partial charge is 0.395 e. The molecule has 1 atom stereocenters. The second-order valence-corrected chi connectivity index (χ2v) is 11.4. The number of carbonyl (C=O) groups excluding carboxylic acids is 1. The zero-order chi connectivity index (χ0) is 25.0. The molecule has 1 heterocycles.